The highest BCUT2D eigenvalue weighted by molar-refractivity contribution is 5.31. The molecule has 0 aliphatic rings. The first kappa shape index (κ1) is 10.4. The maximum absolute atomic E-state index is 8.91. The first-order valence-corrected chi connectivity index (χ1v) is 5.02. The quantitative estimate of drug-likeness (QED) is 0.832. The van der Waals surface area contributed by atoms with Crippen molar-refractivity contribution in [3.63, 3.8) is 0 Å². The molecule has 2 aromatic heterocycles. The van der Waals surface area contributed by atoms with Crippen LogP contribution in [0.25, 0.3) is 0 Å². The first-order chi connectivity index (χ1) is 7.83. The number of nitrogens with zero attached hydrogens (tertiary/aromatic N) is 3. The van der Waals surface area contributed by atoms with Crippen LogP contribution in [0, 0.1) is 11.3 Å². The molecule has 2 aromatic rings. The normalized spacial score (nSPS) is 10.0. The van der Waals surface area contributed by atoms with Gasteiger partial charge in [0.15, 0.2) is 0 Å². The molecule has 4 nitrogen and oxygen atoms in total. The summed E-state index contributed by atoms with van der Waals surface area (Å²) in [4.78, 5) is 4.02. The van der Waals surface area contributed by atoms with Crippen molar-refractivity contribution in [3.8, 4) is 6.07 Å². The van der Waals surface area contributed by atoms with Crippen molar-refractivity contribution < 1.29 is 0 Å². The second-order valence-corrected chi connectivity index (χ2v) is 3.52. The number of nitriles is 1. The van der Waals surface area contributed by atoms with Gasteiger partial charge in [-0.3, -0.25) is 0 Å². The first-order valence-electron chi connectivity index (χ1n) is 5.02. The number of aromatic nitrogens is 2. The molecule has 0 aromatic carbocycles. The molecule has 0 fully saturated rings. The molecular weight excluding hydrogens is 200 g/mol. The molecule has 2 rings (SSSR count). The fraction of sp³-hybridized carbons (Fsp3) is 0.167. The van der Waals surface area contributed by atoms with Gasteiger partial charge in [-0.15, -0.1) is 0 Å². The maximum Gasteiger partial charge on any atom is 0.145 e. The van der Waals surface area contributed by atoms with Gasteiger partial charge in [-0.2, -0.15) is 5.26 Å². The molecule has 0 atom stereocenters. The Hall–Kier alpha value is -2.12. The lowest BCUT2D eigenvalue weighted by Crippen LogP contribution is -2.01. The Labute approximate surface area is 94.0 Å². The van der Waals surface area contributed by atoms with Crippen molar-refractivity contribution in [1.82, 2.24) is 9.55 Å². The van der Waals surface area contributed by atoms with Crippen LogP contribution in [-0.4, -0.2) is 9.55 Å². The standard InChI is InChI=1S/C12H12N4/c13-6-10-3-5-16(8-10)9-11-2-1-4-15-12(11)7-14/h1-5,8H,6,9,13H2. The average molecular weight is 212 g/mol. The van der Waals surface area contributed by atoms with Gasteiger partial charge in [0.25, 0.3) is 0 Å². The van der Waals surface area contributed by atoms with Gasteiger partial charge < -0.3 is 10.3 Å². The van der Waals surface area contributed by atoms with Crippen LogP contribution in [0.15, 0.2) is 36.8 Å². The molecule has 0 spiro atoms. The third-order valence-corrected chi connectivity index (χ3v) is 2.40. The molecule has 0 unspecified atom stereocenters. The minimum Gasteiger partial charge on any atom is -0.349 e. The van der Waals surface area contributed by atoms with Gasteiger partial charge >= 0.3 is 0 Å². The number of rotatable bonds is 3. The van der Waals surface area contributed by atoms with Crippen molar-refractivity contribution in [1.29, 1.82) is 5.26 Å². The highest BCUT2D eigenvalue weighted by Crippen LogP contribution is 2.08. The summed E-state index contributed by atoms with van der Waals surface area (Å²) >= 11 is 0. The molecular formula is C12H12N4. The van der Waals surface area contributed by atoms with E-state index in [-0.39, 0.29) is 0 Å². The Morgan fingerprint density at radius 1 is 1.44 bits per heavy atom. The van der Waals surface area contributed by atoms with Gasteiger partial charge in [-0.05, 0) is 17.7 Å². The Morgan fingerprint density at radius 3 is 3.00 bits per heavy atom. The highest BCUT2D eigenvalue weighted by atomic mass is 14.9. The Bertz CT molecular complexity index is 522. The van der Waals surface area contributed by atoms with Crippen LogP contribution in [0.5, 0.6) is 0 Å². The molecule has 0 saturated carbocycles. The predicted octanol–water partition coefficient (Wildman–Crippen LogP) is 1.26. The SMILES string of the molecule is N#Cc1ncccc1Cn1ccc(CN)c1. The molecule has 4 heteroatoms. The van der Waals surface area contributed by atoms with E-state index in [2.05, 4.69) is 11.1 Å². The van der Waals surface area contributed by atoms with Gasteiger partial charge in [-0.25, -0.2) is 4.98 Å². The second-order valence-electron chi connectivity index (χ2n) is 3.52. The zero-order valence-corrected chi connectivity index (χ0v) is 8.80. The van der Waals surface area contributed by atoms with Crippen LogP contribution in [0.4, 0.5) is 0 Å². The van der Waals surface area contributed by atoms with E-state index in [1.807, 2.05) is 35.2 Å². The zero-order chi connectivity index (χ0) is 11.4. The van der Waals surface area contributed by atoms with E-state index < -0.39 is 0 Å². The average Bonchev–Trinajstić information content (AvgIpc) is 2.77. The minimum atomic E-state index is 0.477. The molecule has 16 heavy (non-hydrogen) atoms. The Balaban J connectivity index is 2.24. The summed E-state index contributed by atoms with van der Waals surface area (Å²) in [7, 11) is 0. The molecule has 80 valence electrons. The summed E-state index contributed by atoms with van der Waals surface area (Å²) in [6, 6.07) is 7.81. The van der Waals surface area contributed by atoms with Crippen LogP contribution >= 0.6 is 0 Å². The molecule has 0 aliphatic heterocycles. The topological polar surface area (TPSA) is 67.6 Å². The summed E-state index contributed by atoms with van der Waals surface area (Å²) in [5.41, 5.74) is 8.02. The number of nitrogens with two attached hydrogens (primary N) is 1. The maximum atomic E-state index is 8.91. The Morgan fingerprint density at radius 2 is 2.31 bits per heavy atom. The molecule has 0 bridgehead atoms. The third-order valence-electron chi connectivity index (χ3n) is 2.40. The summed E-state index contributed by atoms with van der Waals surface area (Å²) < 4.78 is 2.00. The summed E-state index contributed by atoms with van der Waals surface area (Å²) in [5, 5.41) is 8.91. The van der Waals surface area contributed by atoms with Gasteiger partial charge in [0, 0.05) is 37.2 Å². The van der Waals surface area contributed by atoms with Crippen molar-refractivity contribution in [2.45, 2.75) is 13.1 Å². The van der Waals surface area contributed by atoms with Crippen LogP contribution < -0.4 is 5.73 Å². The van der Waals surface area contributed by atoms with Gasteiger partial charge in [-0.1, -0.05) is 6.07 Å². The van der Waals surface area contributed by atoms with E-state index in [1.165, 1.54) is 0 Å². The number of pyridine rings is 1. The summed E-state index contributed by atoms with van der Waals surface area (Å²) in [6.07, 6.45) is 5.56. The van der Waals surface area contributed by atoms with Gasteiger partial charge in [0.2, 0.25) is 0 Å². The van der Waals surface area contributed by atoms with E-state index in [1.54, 1.807) is 6.20 Å². The van der Waals surface area contributed by atoms with Crippen LogP contribution in [0.1, 0.15) is 16.8 Å². The summed E-state index contributed by atoms with van der Waals surface area (Å²) in [6.45, 7) is 1.18. The van der Waals surface area contributed by atoms with Crippen molar-refractivity contribution in [2.75, 3.05) is 0 Å². The third kappa shape index (κ3) is 2.10. The van der Waals surface area contributed by atoms with E-state index in [4.69, 9.17) is 11.0 Å². The fourth-order valence-electron chi connectivity index (χ4n) is 1.57. The van der Waals surface area contributed by atoms with Crippen molar-refractivity contribution in [3.05, 3.63) is 53.6 Å². The highest BCUT2D eigenvalue weighted by Gasteiger charge is 2.03. The molecule has 0 amide bonds. The largest absolute Gasteiger partial charge is 0.349 e. The number of hydrogen-bond donors (Lipinski definition) is 1. The lowest BCUT2D eigenvalue weighted by Gasteiger charge is -2.04. The van der Waals surface area contributed by atoms with Crippen LogP contribution in [0.2, 0.25) is 0 Å². The van der Waals surface area contributed by atoms with Crippen molar-refractivity contribution in [2.24, 2.45) is 5.73 Å². The smallest absolute Gasteiger partial charge is 0.145 e. The van der Waals surface area contributed by atoms with E-state index in [0.717, 1.165) is 11.1 Å². The number of hydrogen-bond acceptors (Lipinski definition) is 3. The molecule has 0 radical (unpaired) electrons. The minimum absolute atomic E-state index is 0.477. The summed E-state index contributed by atoms with van der Waals surface area (Å²) in [5.74, 6) is 0. The molecule has 0 saturated heterocycles. The van der Waals surface area contributed by atoms with Gasteiger partial charge in [0.05, 0.1) is 0 Å². The van der Waals surface area contributed by atoms with Gasteiger partial charge in [0.1, 0.15) is 11.8 Å². The fourth-order valence-corrected chi connectivity index (χ4v) is 1.57. The van der Waals surface area contributed by atoms with Crippen LogP contribution in [-0.2, 0) is 13.1 Å². The Kier molecular flexibility index (Phi) is 2.99. The van der Waals surface area contributed by atoms with Crippen molar-refractivity contribution >= 4 is 0 Å². The van der Waals surface area contributed by atoms with Crippen LogP contribution in [0.3, 0.4) is 0 Å². The molecule has 2 N–H and O–H groups in total. The second kappa shape index (κ2) is 4.60. The van der Waals surface area contributed by atoms with E-state index in [9.17, 15) is 0 Å². The lowest BCUT2D eigenvalue weighted by molar-refractivity contribution is 0.794. The predicted molar refractivity (Wildman–Crippen MR) is 60.4 cm³/mol. The van der Waals surface area contributed by atoms with E-state index >= 15 is 0 Å². The lowest BCUT2D eigenvalue weighted by atomic mass is 10.2. The monoisotopic (exact) mass is 212 g/mol. The van der Waals surface area contributed by atoms with E-state index in [0.29, 0.717) is 18.8 Å². The molecule has 2 heterocycles. The molecule has 0 aliphatic carbocycles. The zero-order valence-electron chi connectivity index (χ0n) is 8.80.